The highest BCUT2D eigenvalue weighted by Gasteiger charge is 2.15. The van der Waals surface area contributed by atoms with E-state index in [1.54, 1.807) is 11.3 Å². The Kier molecular flexibility index (Phi) is 6.57. The van der Waals surface area contributed by atoms with Gasteiger partial charge in [-0.25, -0.2) is 9.50 Å². The van der Waals surface area contributed by atoms with E-state index in [1.807, 2.05) is 35.0 Å². The highest BCUT2D eigenvalue weighted by atomic mass is 32.1. The van der Waals surface area contributed by atoms with E-state index in [0.29, 0.717) is 6.61 Å². The quantitative estimate of drug-likeness (QED) is 0.417. The van der Waals surface area contributed by atoms with E-state index < -0.39 is 0 Å². The fraction of sp³-hybridized carbons (Fsp3) is 0.350. The van der Waals surface area contributed by atoms with E-state index >= 15 is 0 Å². The summed E-state index contributed by atoms with van der Waals surface area (Å²) in [6, 6.07) is 8.01. The van der Waals surface area contributed by atoms with Crippen LogP contribution in [0.5, 0.6) is 5.75 Å². The summed E-state index contributed by atoms with van der Waals surface area (Å²) in [5.74, 6) is 1.54. The van der Waals surface area contributed by atoms with Gasteiger partial charge in [-0.3, -0.25) is 0 Å². The van der Waals surface area contributed by atoms with E-state index in [4.69, 9.17) is 18.7 Å². The summed E-state index contributed by atoms with van der Waals surface area (Å²) in [5.41, 5.74) is 1.59. The van der Waals surface area contributed by atoms with Crippen molar-refractivity contribution in [2.75, 3.05) is 6.61 Å². The van der Waals surface area contributed by atoms with Crippen molar-refractivity contribution >= 4 is 33.4 Å². The third-order valence-corrected chi connectivity index (χ3v) is 5.22. The number of unbranched alkanes of at least 4 members (excludes halogenated alkanes) is 2. The fourth-order valence-corrected chi connectivity index (χ4v) is 3.63. The summed E-state index contributed by atoms with van der Waals surface area (Å²) in [6.45, 7) is 5.00. The van der Waals surface area contributed by atoms with Crippen LogP contribution in [0.3, 0.4) is 0 Å². The molecule has 3 aromatic heterocycles. The number of rotatable bonds is 7. The van der Waals surface area contributed by atoms with Crippen molar-refractivity contribution in [3.05, 3.63) is 35.5 Å². The minimum absolute atomic E-state index is 0.250. The Morgan fingerprint density at radius 2 is 2.07 bits per heavy atom. The van der Waals surface area contributed by atoms with Gasteiger partial charge in [0, 0.05) is 5.39 Å². The first-order valence-corrected chi connectivity index (χ1v) is 10.0. The lowest BCUT2D eigenvalue weighted by Gasteiger charge is -2.05. The lowest BCUT2D eigenvalue weighted by atomic mass is 10.2. The summed E-state index contributed by atoms with van der Waals surface area (Å²) < 4.78 is 13.8. The van der Waals surface area contributed by atoms with Crippen LogP contribution in [-0.2, 0) is 16.0 Å². The van der Waals surface area contributed by atoms with E-state index in [1.165, 1.54) is 12.8 Å². The molecule has 28 heavy (non-hydrogen) atoms. The predicted molar refractivity (Wildman–Crippen MR) is 105 cm³/mol. The molecule has 146 valence electrons. The second-order valence-electron chi connectivity index (χ2n) is 6.13. The smallest absolute Gasteiger partial charge is 0.373 e. The lowest BCUT2D eigenvalue weighted by Crippen LogP contribution is -1.96. The van der Waals surface area contributed by atoms with Crippen molar-refractivity contribution in [2.24, 2.45) is 0 Å². The molecule has 0 aliphatic rings. The molecule has 0 spiro atoms. The fourth-order valence-electron chi connectivity index (χ4n) is 2.81. The molecular weight excluding hydrogens is 378 g/mol. The number of ether oxygens (including phenoxy) is 1. The molecule has 0 saturated carbocycles. The molecule has 4 aromatic rings. The van der Waals surface area contributed by atoms with Gasteiger partial charge in [0.2, 0.25) is 4.96 Å². The molecule has 1 aromatic carbocycles. The Morgan fingerprint density at radius 1 is 1.25 bits per heavy atom. The second kappa shape index (κ2) is 9.30. The molecule has 0 saturated heterocycles. The number of nitrogens with zero attached hydrogens (tertiary/aromatic N) is 3. The largest absolute Gasteiger partial charge is 0.490 e. The number of aromatic nitrogens is 3. The third-order valence-electron chi connectivity index (χ3n) is 4.15. The Balaban J connectivity index is 0.000000706. The Morgan fingerprint density at radius 3 is 2.79 bits per heavy atom. The number of furan rings is 1. The third kappa shape index (κ3) is 4.30. The van der Waals surface area contributed by atoms with Crippen LogP contribution in [0, 0.1) is 0 Å². The summed E-state index contributed by atoms with van der Waals surface area (Å²) in [6.07, 6.45) is 6.52. The Labute approximate surface area is 165 Å². The zero-order valence-electron chi connectivity index (χ0n) is 15.8. The first-order valence-electron chi connectivity index (χ1n) is 9.20. The molecule has 0 atom stereocenters. The van der Waals surface area contributed by atoms with Gasteiger partial charge < -0.3 is 9.15 Å². The normalized spacial score (nSPS) is 10.6. The SMILES string of the molecule is CCCCCOc1cccc2cc(-c3cn4nc(CC)sc4n3)oc12.O=C=O. The number of benzene rings is 1. The number of aryl methyl sites for hydroxylation is 1. The summed E-state index contributed by atoms with van der Waals surface area (Å²) >= 11 is 1.61. The van der Waals surface area contributed by atoms with Crippen molar-refractivity contribution in [1.82, 2.24) is 14.6 Å². The molecule has 8 heteroatoms. The van der Waals surface area contributed by atoms with Gasteiger partial charge in [0.1, 0.15) is 10.7 Å². The highest BCUT2D eigenvalue weighted by Crippen LogP contribution is 2.33. The zero-order valence-corrected chi connectivity index (χ0v) is 16.6. The summed E-state index contributed by atoms with van der Waals surface area (Å²) in [5, 5.41) is 6.63. The standard InChI is InChI=1S/C19H21N3O2S.CO2/c1-3-5-6-10-23-15-9-7-8-13-11-16(24-18(13)15)14-12-22-19(20-14)25-17(4-2)21-22;2-1-3/h7-9,11-12H,3-6,10H2,1-2H3;. The molecule has 0 amide bonds. The number of fused-ring (bicyclic) bond motifs is 2. The maximum absolute atomic E-state index is 8.12. The number of hydrogen-bond donors (Lipinski definition) is 0. The van der Waals surface area contributed by atoms with Gasteiger partial charge in [0.05, 0.1) is 12.8 Å². The molecule has 7 nitrogen and oxygen atoms in total. The number of carbonyl (C=O) groups excluding carboxylic acids is 2. The predicted octanol–water partition coefficient (Wildman–Crippen LogP) is 4.75. The van der Waals surface area contributed by atoms with E-state index in [9.17, 15) is 0 Å². The van der Waals surface area contributed by atoms with Gasteiger partial charge >= 0.3 is 6.15 Å². The van der Waals surface area contributed by atoms with Gasteiger partial charge in [-0.1, -0.05) is 50.2 Å². The van der Waals surface area contributed by atoms with E-state index in [2.05, 4.69) is 23.9 Å². The van der Waals surface area contributed by atoms with Crippen LogP contribution in [0.2, 0.25) is 0 Å². The highest BCUT2D eigenvalue weighted by molar-refractivity contribution is 7.16. The van der Waals surface area contributed by atoms with Crippen LogP contribution in [0.15, 0.2) is 34.9 Å². The van der Waals surface area contributed by atoms with Crippen molar-refractivity contribution < 1.29 is 18.7 Å². The summed E-state index contributed by atoms with van der Waals surface area (Å²) in [4.78, 5) is 21.8. The molecule has 0 radical (unpaired) electrons. The van der Waals surface area contributed by atoms with E-state index in [-0.39, 0.29) is 6.15 Å². The number of imidazole rings is 1. The monoisotopic (exact) mass is 399 g/mol. The molecule has 0 bridgehead atoms. The molecular formula is C20H21N3O4S. The molecule has 0 fully saturated rings. The first kappa shape index (κ1) is 19.8. The van der Waals surface area contributed by atoms with Crippen LogP contribution >= 0.6 is 11.3 Å². The van der Waals surface area contributed by atoms with Gasteiger partial charge in [0.25, 0.3) is 0 Å². The second-order valence-corrected chi connectivity index (χ2v) is 7.17. The summed E-state index contributed by atoms with van der Waals surface area (Å²) in [7, 11) is 0. The molecule has 0 aliphatic carbocycles. The topological polar surface area (TPSA) is 86.7 Å². The maximum Gasteiger partial charge on any atom is 0.373 e. The zero-order chi connectivity index (χ0) is 19.9. The first-order chi connectivity index (χ1) is 13.7. The van der Waals surface area contributed by atoms with Crippen LogP contribution in [0.4, 0.5) is 0 Å². The average Bonchev–Trinajstić information content (AvgIpc) is 3.38. The Hall–Kier alpha value is -2.96. The molecule has 0 N–H and O–H groups in total. The van der Waals surface area contributed by atoms with Gasteiger partial charge in [-0.15, -0.1) is 0 Å². The minimum Gasteiger partial charge on any atom is -0.490 e. The maximum atomic E-state index is 8.12. The number of para-hydroxylation sites is 1. The van der Waals surface area contributed by atoms with Gasteiger partial charge in [-0.2, -0.15) is 14.7 Å². The average molecular weight is 399 g/mol. The van der Waals surface area contributed by atoms with Crippen LogP contribution in [0.1, 0.15) is 38.1 Å². The molecule has 0 aliphatic heterocycles. The molecule has 3 heterocycles. The van der Waals surface area contributed by atoms with Gasteiger partial charge in [-0.05, 0) is 25.0 Å². The minimum atomic E-state index is 0.250. The molecule has 4 rings (SSSR count). The number of hydrogen-bond acceptors (Lipinski definition) is 7. The Bertz CT molecular complexity index is 1060. The molecule has 0 unspecified atom stereocenters. The lowest BCUT2D eigenvalue weighted by molar-refractivity contribution is -0.191. The van der Waals surface area contributed by atoms with Crippen molar-refractivity contribution in [1.29, 1.82) is 0 Å². The van der Waals surface area contributed by atoms with Gasteiger partial charge in [0.15, 0.2) is 17.1 Å². The van der Waals surface area contributed by atoms with Crippen LogP contribution in [-0.4, -0.2) is 27.4 Å². The van der Waals surface area contributed by atoms with Crippen molar-refractivity contribution in [3.8, 4) is 17.2 Å². The van der Waals surface area contributed by atoms with Crippen molar-refractivity contribution in [3.63, 3.8) is 0 Å². The van der Waals surface area contributed by atoms with Crippen LogP contribution in [0.25, 0.3) is 27.4 Å². The van der Waals surface area contributed by atoms with Crippen LogP contribution < -0.4 is 4.74 Å². The van der Waals surface area contributed by atoms with Crippen molar-refractivity contribution in [2.45, 2.75) is 39.5 Å². The van der Waals surface area contributed by atoms with E-state index in [0.717, 1.165) is 51.0 Å².